The molecular weight excluding hydrogens is 358 g/mol. The summed E-state index contributed by atoms with van der Waals surface area (Å²) in [5, 5.41) is 1.66. The molecule has 0 saturated carbocycles. The van der Waals surface area contributed by atoms with Crippen LogP contribution in [-0.4, -0.2) is 16.8 Å². The van der Waals surface area contributed by atoms with E-state index in [1.165, 1.54) is 0 Å². The average molecular weight is 386 g/mol. The van der Waals surface area contributed by atoms with Gasteiger partial charge in [-0.15, -0.1) is 0 Å². The predicted octanol–water partition coefficient (Wildman–Crippen LogP) is 5.11. The van der Waals surface area contributed by atoms with Crippen LogP contribution in [0.3, 0.4) is 0 Å². The van der Waals surface area contributed by atoms with Crippen molar-refractivity contribution < 1.29 is 4.74 Å². The van der Waals surface area contributed by atoms with Crippen LogP contribution in [0.4, 0.5) is 0 Å². The third kappa shape index (κ3) is 3.99. The molecule has 3 aromatic rings. The Kier molecular flexibility index (Phi) is 5.56. The van der Waals surface area contributed by atoms with Gasteiger partial charge in [0.2, 0.25) is 0 Å². The second-order valence-corrected chi connectivity index (χ2v) is 7.93. The first kappa shape index (κ1) is 19.5. The molecule has 2 unspecified atom stereocenters. The Morgan fingerprint density at radius 3 is 2.45 bits per heavy atom. The molecule has 3 nitrogen and oxygen atoms in total. The molecule has 0 bridgehead atoms. The molecule has 4 rings (SSSR count). The summed E-state index contributed by atoms with van der Waals surface area (Å²) in [6.45, 7) is 6.29. The minimum atomic E-state index is 0.00386. The van der Waals surface area contributed by atoms with Gasteiger partial charge >= 0.3 is 0 Å². The molecule has 0 N–H and O–H groups in total. The molecule has 0 aliphatic carbocycles. The zero-order valence-electron chi connectivity index (χ0n) is 17.3. The number of benzene rings is 2. The van der Waals surface area contributed by atoms with Crippen LogP contribution in [0.15, 0.2) is 59.4 Å². The predicted molar refractivity (Wildman–Crippen MR) is 119 cm³/mol. The van der Waals surface area contributed by atoms with Gasteiger partial charge < -0.3 is 4.74 Å². The van der Waals surface area contributed by atoms with E-state index >= 15 is 0 Å². The quantitative estimate of drug-likeness (QED) is 0.574. The number of fused-ring (bicyclic) bond motifs is 1. The van der Waals surface area contributed by atoms with Crippen LogP contribution in [0.5, 0.6) is 0 Å². The number of pyridine rings is 1. The molecule has 2 atom stereocenters. The molecule has 2 aromatic carbocycles. The Morgan fingerprint density at radius 2 is 1.76 bits per heavy atom. The van der Waals surface area contributed by atoms with Crippen molar-refractivity contribution in [1.82, 2.24) is 4.57 Å². The maximum atomic E-state index is 13.6. The Bertz CT molecular complexity index is 1120. The number of rotatable bonds is 2. The lowest BCUT2D eigenvalue weighted by atomic mass is 9.92. The summed E-state index contributed by atoms with van der Waals surface area (Å²) in [5.41, 5.74) is 2.72. The maximum Gasteiger partial charge on any atom is 0.264 e. The molecule has 1 aromatic heterocycles. The van der Waals surface area contributed by atoms with Crippen LogP contribution < -0.4 is 5.56 Å². The van der Waals surface area contributed by atoms with E-state index in [-0.39, 0.29) is 17.8 Å². The highest BCUT2D eigenvalue weighted by Gasteiger charge is 2.23. The second kappa shape index (κ2) is 8.27. The molecule has 29 heavy (non-hydrogen) atoms. The lowest BCUT2D eigenvalue weighted by Crippen LogP contribution is -2.28. The Balaban J connectivity index is 1.85. The van der Waals surface area contributed by atoms with E-state index in [4.69, 9.17) is 4.74 Å². The summed E-state index contributed by atoms with van der Waals surface area (Å²) in [5.74, 6) is 7.07. The molecule has 1 saturated heterocycles. The van der Waals surface area contributed by atoms with Crippen molar-refractivity contribution in [3.63, 3.8) is 0 Å². The number of aryl methyl sites for hydroxylation is 1. The first-order valence-corrected chi connectivity index (χ1v) is 10.5. The smallest absolute Gasteiger partial charge is 0.264 e. The first-order valence-electron chi connectivity index (χ1n) is 10.5. The standard InChI is InChI=1S/C26H27NO2/c1-4-23-17-22-10-8-9-21(14-13-20-15-18(2)29-19(3)16-20)25(22)26(28)27(23)24-11-6-5-7-12-24/h5-12,17-20H,4,15-16H2,1-3H3. The first-order chi connectivity index (χ1) is 14.1. The lowest BCUT2D eigenvalue weighted by Gasteiger charge is -2.29. The van der Waals surface area contributed by atoms with Gasteiger partial charge in [0.05, 0.1) is 17.6 Å². The molecule has 148 valence electrons. The Labute approximate surface area is 172 Å². The third-order valence-corrected chi connectivity index (χ3v) is 5.61. The molecule has 3 heteroatoms. The highest BCUT2D eigenvalue weighted by molar-refractivity contribution is 5.88. The van der Waals surface area contributed by atoms with E-state index in [1.54, 1.807) is 0 Å². The van der Waals surface area contributed by atoms with E-state index in [9.17, 15) is 4.79 Å². The summed E-state index contributed by atoms with van der Waals surface area (Å²) in [4.78, 5) is 13.6. The number of nitrogens with zero attached hydrogens (tertiary/aromatic N) is 1. The summed E-state index contributed by atoms with van der Waals surface area (Å²) < 4.78 is 7.65. The van der Waals surface area contributed by atoms with Gasteiger partial charge in [0, 0.05) is 22.9 Å². The van der Waals surface area contributed by atoms with Crippen molar-refractivity contribution in [3.05, 3.63) is 76.2 Å². The van der Waals surface area contributed by atoms with Gasteiger partial charge in [0.1, 0.15) is 0 Å². The van der Waals surface area contributed by atoms with Crippen molar-refractivity contribution in [1.29, 1.82) is 0 Å². The van der Waals surface area contributed by atoms with Gasteiger partial charge in [0.15, 0.2) is 0 Å². The van der Waals surface area contributed by atoms with Gasteiger partial charge in [-0.2, -0.15) is 0 Å². The summed E-state index contributed by atoms with van der Waals surface area (Å²) in [6, 6.07) is 17.9. The Hall–Kier alpha value is -2.83. The van der Waals surface area contributed by atoms with Crippen LogP contribution in [0.2, 0.25) is 0 Å². The van der Waals surface area contributed by atoms with Crippen LogP contribution in [0.25, 0.3) is 16.5 Å². The van der Waals surface area contributed by atoms with Gasteiger partial charge in [-0.1, -0.05) is 49.1 Å². The highest BCUT2D eigenvalue weighted by Crippen LogP contribution is 2.25. The zero-order valence-corrected chi connectivity index (χ0v) is 17.3. The van der Waals surface area contributed by atoms with E-state index in [0.717, 1.165) is 41.6 Å². The van der Waals surface area contributed by atoms with Crippen molar-refractivity contribution in [2.24, 2.45) is 5.92 Å². The number of ether oxygens (including phenoxy) is 1. The minimum Gasteiger partial charge on any atom is -0.375 e. The molecule has 0 amide bonds. The normalized spacial score (nSPS) is 21.6. The van der Waals surface area contributed by atoms with Crippen molar-refractivity contribution in [3.8, 4) is 17.5 Å². The van der Waals surface area contributed by atoms with Crippen molar-refractivity contribution >= 4 is 10.8 Å². The lowest BCUT2D eigenvalue weighted by molar-refractivity contribution is -0.0419. The number of aromatic nitrogens is 1. The van der Waals surface area contributed by atoms with Crippen molar-refractivity contribution in [2.75, 3.05) is 0 Å². The van der Waals surface area contributed by atoms with E-state index < -0.39 is 0 Å². The van der Waals surface area contributed by atoms with Gasteiger partial charge in [-0.3, -0.25) is 9.36 Å². The largest absolute Gasteiger partial charge is 0.375 e. The topological polar surface area (TPSA) is 31.2 Å². The number of hydrogen-bond acceptors (Lipinski definition) is 2. The highest BCUT2D eigenvalue weighted by atomic mass is 16.5. The maximum absolute atomic E-state index is 13.6. The van der Waals surface area contributed by atoms with Crippen LogP contribution >= 0.6 is 0 Å². The second-order valence-electron chi connectivity index (χ2n) is 7.93. The summed E-state index contributed by atoms with van der Waals surface area (Å²) >= 11 is 0. The summed E-state index contributed by atoms with van der Waals surface area (Å²) in [7, 11) is 0. The molecule has 2 heterocycles. The van der Waals surface area contributed by atoms with Crippen LogP contribution in [-0.2, 0) is 11.2 Å². The SMILES string of the molecule is CCc1cc2cccc(C#CC3CC(C)OC(C)C3)c2c(=O)n1-c1ccccc1. The van der Waals surface area contributed by atoms with Gasteiger partial charge in [-0.05, 0) is 62.8 Å². The van der Waals surface area contributed by atoms with E-state index in [1.807, 2.05) is 53.1 Å². The molecule has 0 spiro atoms. The molecule has 1 aliphatic rings. The molecular formula is C26H27NO2. The molecule has 1 fully saturated rings. The fourth-order valence-corrected chi connectivity index (χ4v) is 4.34. The fraction of sp³-hybridized carbons (Fsp3) is 0.346. The Morgan fingerprint density at radius 1 is 1.03 bits per heavy atom. The number of para-hydroxylation sites is 1. The third-order valence-electron chi connectivity index (χ3n) is 5.61. The van der Waals surface area contributed by atoms with Crippen molar-refractivity contribution in [2.45, 2.75) is 52.2 Å². The zero-order chi connectivity index (χ0) is 20.4. The fourth-order valence-electron chi connectivity index (χ4n) is 4.34. The summed E-state index contributed by atoms with van der Waals surface area (Å²) in [6.07, 6.45) is 3.13. The molecule has 1 aliphatic heterocycles. The monoisotopic (exact) mass is 385 g/mol. The van der Waals surface area contributed by atoms with Crippen LogP contribution in [0.1, 0.15) is 44.9 Å². The number of hydrogen-bond donors (Lipinski definition) is 0. The van der Waals surface area contributed by atoms with E-state index in [2.05, 4.69) is 38.7 Å². The van der Waals surface area contributed by atoms with Crippen LogP contribution in [0, 0.1) is 17.8 Å². The molecule has 0 radical (unpaired) electrons. The van der Waals surface area contributed by atoms with Gasteiger partial charge in [-0.25, -0.2) is 0 Å². The average Bonchev–Trinajstić information content (AvgIpc) is 2.71. The van der Waals surface area contributed by atoms with E-state index in [0.29, 0.717) is 11.3 Å². The minimum absolute atomic E-state index is 0.00386. The van der Waals surface area contributed by atoms with Gasteiger partial charge in [0.25, 0.3) is 5.56 Å².